The molecule has 0 aliphatic rings. The Bertz CT molecular complexity index is 1240. The second kappa shape index (κ2) is 11.6. The van der Waals surface area contributed by atoms with Crippen molar-refractivity contribution in [3.05, 3.63) is 78.1 Å². The molecule has 0 saturated heterocycles. The number of aromatic nitrogens is 4. The number of carbonyl (C=O) groups excluding carboxylic acids is 1. The van der Waals surface area contributed by atoms with Crippen molar-refractivity contribution in [3.63, 3.8) is 0 Å². The molecule has 2 aromatic carbocycles. The summed E-state index contributed by atoms with van der Waals surface area (Å²) in [5, 5.41) is 12.6. The Hall–Kier alpha value is -3.40. The van der Waals surface area contributed by atoms with Gasteiger partial charge in [0, 0.05) is 30.8 Å². The highest BCUT2D eigenvalue weighted by molar-refractivity contribution is 7.99. The number of hydrogen-bond acceptors (Lipinski definition) is 7. The fourth-order valence-corrected chi connectivity index (χ4v) is 4.02. The van der Waals surface area contributed by atoms with Gasteiger partial charge in [-0.05, 0) is 48.5 Å². The second-order valence-corrected chi connectivity index (χ2v) is 8.43. The van der Waals surface area contributed by atoms with Crippen LogP contribution in [0.4, 0.5) is 5.69 Å². The van der Waals surface area contributed by atoms with Gasteiger partial charge in [0.2, 0.25) is 5.91 Å². The highest BCUT2D eigenvalue weighted by Crippen LogP contribution is 2.29. The number of anilines is 1. The molecule has 1 N–H and O–H groups in total. The van der Waals surface area contributed by atoms with Crippen molar-refractivity contribution in [3.8, 4) is 22.9 Å². The van der Waals surface area contributed by atoms with Gasteiger partial charge in [-0.15, -0.1) is 10.2 Å². The number of rotatable bonds is 10. The molecule has 0 spiro atoms. The van der Waals surface area contributed by atoms with Gasteiger partial charge >= 0.3 is 0 Å². The van der Waals surface area contributed by atoms with Crippen LogP contribution in [0.15, 0.2) is 78.2 Å². The van der Waals surface area contributed by atoms with Crippen LogP contribution in [0.25, 0.3) is 11.4 Å². The number of thioether (sulfide) groups is 1. The summed E-state index contributed by atoms with van der Waals surface area (Å²) in [6.45, 7) is 1.07. The standard InChI is InChI=1S/C24H22ClN5O3S/c1-32-15-14-30-23(17-10-12-26-13-11-17)28-29-24(30)34-16-22(31)27-18-6-8-19(9-7-18)33-21-5-3-2-4-20(21)25/h2-13H,14-16H2,1H3,(H,27,31). The Morgan fingerprint density at radius 1 is 1.06 bits per heavy atom. The van der Waals surface area contributed by atoms with Crippen molar-refractivity contribution in [2.24, 2.45) is 0 Å². The molecule has 0 radical (unpaired) electrons. The van der Waals surface area contributed by atoms with Gasteiger partial charge in [0.05, 0.1) is 23.9 Å². The van der Waals surface area contributed by atoms with Crippen LogP contribution in [-0.2, 0) is 16.1 Å². The Morgan fingerprint density at radius 3 is 2.56 bits per heavy atom. The molecule has 4 rings (SSSR count). The highest BCUT2D eigenvalue weighted by Gasteiger charge is 2.16. The maximum Gasteiger partial charge on any atom is 0.234 e. The molecule has 174 valence electrons. The first-order valence-corrected chi connectivity index (χ1v) is 11.8. The van der Waals surface area contributed by atoms with Gasteiger partial charge in [-0.2, -0.15) is 0 Å². The lowest BCUT2D eigenvalue weighted by molar-refractivity contribution is -0.113. The Kier molecular flexibility index (Phi) is 8.13. The number of nitrogens with zero attached hydrogens (tertiary/aromatic N) is 4. The molecule has 0 aliphatic heterocycles. The van der Waals surface area contributed by atoms with Crippen molar-refractivity contribution >= 4 is 35.0 Å². The van der Waals surface area contributed by atoms with E-state index >= 15 is 0 Å². The smallest absolute Gasteiger partial charge is 0.234 e. The van der Waals surface area contributed by atoms with Crippen molar-refractivity contribution in [1.82, 2.24) is 19.7 Å². The number of ether oxygens (including phenoxy) is 2. The predicted octanol–water partition coefficient (Wildman–Crippen LogP) is 5.16. The van der Waals surface area contributed by atoms with Crippen LogP contribution >= 0.6 is 23.4 Å². The first kappa shape index (κ1) is 23.7. The summed E-state index contributed by atoms with van der Waals surface area (Å²) in [5.74, 6) is 1.92. The van der Waals surface area contributed by atoms with E-state index in [1.807, 2.05) is 28.8 Å². The third-order valence-electron chi connectivity index (χ3n) is 4.71. The molecule has 0 fully saturated rings. The normalized spacial score (nSPS) is 10.8. The average molecular weight is 496 g/mol. The lowest BCUT2D eigenvalue weighted by Gasteiger charge is -2.10. The summed E-state index contributed by atoms with van der Waals surface area (Å²) in [4.78, 5) is 16.6. The third kappa shape index (κ3) is 6.13. The quantitative estimate of drug-likeness (QED) is 0.304. The van der Waals surface area contributed by atoms with Crippen molar-refractivity contribution in [2.45, 2.75) is 11.7 Å². The summed E-state index contributed by atoms with van der Waals surface area (Å²) >= 11 is 7.44. The summed E-state index contributed by atoms with van der Waals surface area (Å²) in [6.07, 6.45) is 3.41. The molecular weight excluding hydrogens is 474 g/mol. The number of carbonyl (C=O) groups is 1. The second-order valence-electron chi connectivity index (χ2n) is 7.08. The molecule has 34 heavy (non-hydrogen) atoms. The highest BCUT2D eigenvalue weighted by atomic mass is 35.5. The number of pyridine rings is 1. The van der Waals surface area contributed by atoms with Gasteiger partial charge in [0.25, 0.3) is 0 Å². The molecule has 0 bridgehead atoms. The van der Waals surface area contributed by atoms with Crippen LogP contribution in [-0.4, -0.2) is 45.1 Å². The minimum atomic E-state index is -0.156. The molecule has 2 aromatic heterocycles. The maximum absolute atomic E-state index is 12.5. The van der Waals surface area contributed by atoms with Gasteiger partial charge in [-0.3, -0.25) is 14.3 Å². The van der Waals surface area contributed by atoms with Crippen molar-refractivity contribution in [2.75, 3.05) is 24.8 Å². The van der Waals surface area contributed by atoms with E-state index in [1.165, 1.54) is 11.8 Å². The third-order valence-corrected chi connectivity index (χ3v) is 5.99. The summed E-state index contributed by atoms with van der Waals surface area (Å²) in [5.41, 5.74) is 1.56. The van der Waals surface area contributed by atoms with Gasteiger partial charge in [0.15, 0.2) is 11.0 Å². The van der Waals surface area contributed by atoms with Gasteiger partial charge in [-0.1, -0.05) is 35.5 Å². The van der Waals surface area contributed by atoms with Crippen LogP contribution < -0.4 is 10.1 Å². The largest absolute Gasteiger partial charge is 0.456 e. The lowest BCUT2D eigenvalue weighted by atomic mass is 10.2. The number of amides is 1. The maximum atomic E-state index is 12.5. The monoisotopic (exact) mass is 495 g/mol. The Labute approximate surface area is 206 Å². The van der Waals surface area contributed by atoms with E-state index in [4.69, 9.17) is 21.1 Å². The Balaban J connectivity index is 1.36. The zero-order valence-electron chi connectivity index (χ0n) is 18.3. The summed E-state index contributed by atoms with van der Waals surface area (Å²) in [7, 11) is 1.64. The molecule has 0 saturated carbocycles. The van der Waals surface area contributed by atoms with Crippen LogP contribution in [0.5, 0.6) is 11.5 Å². The zero-order chi connectivity index (χ0) is 23.8. The molecule has 1 amide bonds. The molecule has 0 atom stereocenters. The zero-order valence-corrected chi connectivity index (χ0v) is 19.9. The SMILES string of the molecule is COCCn1c(SCC(=O)Nc2ccc(Oc3ccccc3Cl)cc2)nnc1-c1ccncc1. The van der Waals surface area contributed by atoms with Gasteiger partial charge in [0.1, 0.15) is 11.5 Å². The van der Waals surface area contributed by atoms with E-state index in [1.54, 1.807) is 55.9 Å². The van der Waals surface area contributed by atoms with Crippen molar-refractivity contribution < 1.29 is 14.3 Å². The number of nitrogens with one attached hydrogen (secondary N) is 1. The topological polar surface area (TPSA) is 91.2 Å². The van der Waals surface area contributed by atoms with E-state index in [0.717, 1.165) is 5.56 Å². The first-order valence-electron chi connectivity index (χ1n) is 10.4. The van der Waals surface area contributed by atoms with E-state index in [2.05, 4.69) is 20.5 Å². The van der Waals surface area contributed by atoms with Gasteiger partial charge in [-0.25, -0.2) is 0 Å². The predicted molar refractivity (Wildman–Crippen MR) is 132 cm³/mol. The van der Waals surface area contributed by atoms with Crippen molar-refractivity contribution in [1.29, 1.82) is 0 Å². The average Bonchev–Trinajstić information content (AvgIpc) is 3.27. The fraction of sp³-hybridized carbons (Fsp3) is 0.167. The van der Waals surface area contributed by atoms with E-state index in [-0.39, 0.29) is 11.7 Å². The van der Waals surface area contributed by atoms with E-state index in [9.17, 15) is 4.79 Å². The van der Waals surface area contributed by atoms with Crippen LogP contribution in [0.2, 0.25) is 5.02 Å². The number of hydrogen-bond donors (Lipinski definition) is 1. The van der Waals surface area contributed by atoms with Crippen LogP contribution in [0.1, 0.15) is 0 Å². The molecule has 2 heterocycles. The molecule has 0 aliphatic carbocycles. The number of para-hydroxylation sites is 1. The molecular formula is C24H22ClN5O3S. The number of benzene rings is 2. The number of halogens is 1. The summed E-state index contributed by atoms with van der Waals surface area (Å²) < 4.78 is 12.9. The fourth-order valence-electron chi connectivity index (χ4n) is 3.08. The molecule has 4 aromatic rings. The Morgan fingerprint density at radius 2 is 1.82 bits per heavy atom. The molecule has 10 heteroatoms. The molecule has 8 nitrogen and oxygen atoms in total. The minimum absolute atomic E-state index is 0.156. The molecule has 0 unspecified atom stereocenters. The lowest BCUT2D eigenvalue weighted by Crippen LogP contribution is -2.15. The summed E-state index contributed by atoms with van der Waals surface area (Å²) in [6, 6.07) is 18.1. The van der Waals surface area contributed by atoms with Gasteiger partial charge < -0.3 is 14.8 Å². The number of methoxy groups -OCH3 is 1. The van der Waals surface area contributed by atoms with Crippen LogP contribution in [0.3, 0.4) is 0 Å². The van der Waals surface area contributed by atoms with E-state index < -0.39 is 0 Å². The first-order chi connectivity index (χ1) is 16.6. The van der Waals surface area contributed by atoms with E-state index in [0.29, 0.717) is 46.3 Å². The minimum Gasteiger partial charge on any atom is -0.456 e. The van der Waals surface area contributed by atoms with Crippen LogP contribution in [0, 0.1) is 0 Å².